The van der Waals surface area contributed by atoms with Crippen molar-refractivity contribution in [2.75, 3.05) is 17.7 Å². The number of aromatic nitrogens is 5. The topological polar surface area (TPSA) is 90.4 Å². The number of imidazole rings is 1. The molecule has 0 atom stereocenters. The lowest BCUT2D eigenvalue weighted by molar-refractivity contribution is 0.393. The van der Waals surface area contributed by atoms with Gasteiger partial charge < -0.3 is 15.4 Å². The van der Waals surface area contributed by atoms with Crippen molar-refractivity contribution in [2.45, 2.75) is 31.7 Å². The van der Waals surface area contributed by atoms with Gasteiger partial charge in [0.15, 0.2) is 5.65 Å². The number of hydrogen-bond acceptors (Lipinski definition) is 6. The second-order valence-electron chi connectivity index (χ2n) is 8.83. The number of fused-ring (bicyclic) bond motifs is 1. The summed E-state index contributed by atoms with van der Waals surface area (Å²) >= 11 is 0. The molecule has 1 saturated carbocycles. The summed E-state index contributed by atoms with van der Waals surface area (Å²) in [6.07, 6.45) is 10.5. The molecule has 0 radical (unpaired) electrons. The highest BCUT2D eigenvalue weighted by molar-refractivity contribution is 5.75. The van der Waals surface area contributed by atoms with Gasteiger partial charge in [-0.2, -0.15) is 0 Å². The summed E-state index contributed by atoms with van der Waals surface area (Å²) in [7, 11) is 3.41. The third-order valence-corrected chi connectivity index (χ3v) is 6.36. The average Bonchev–Trinajstić information content (AvgIpc) is 3.39. The van der Waals surface area contributed by atoms with Crippen LogP contribution in [0, 0.1) is 0 Å². The van der Waals surface area contributed by atoms with E-state index in [0.717, 1.165) is 29.8 Å². The van der Waals surface area contributed by atoms with Gasteiger partial charge in [-0.15, -0.1) is 5.10 Å². The number of anilines is 3. The van der Waals surface area contributed by atoms with Crippen LogP contribution in [0.1, 0.15) is 36.4 Å². The first-order valence-corrected chi connectivity index (χ1v) is 11.6. The van der Waals surface area contributed by atoms with Gasteiger partial charge in [0.1, 0.15) is 5.69 Å². The summed E-state index contributed by atoms with van der Waals surface area (Å²) in [5.41, 5.74) is 5.42. The lowest BCUT2D eigenvalue weighted by Gasteiger charge is -2.25. The third-order valence-electron chi connectivity index (χ3n) is 6.36. The summed E-state index contributed by atoms with van der Waals surface area (Å²) in [6, 6.07) is 7.91. The van der Waals surface area contributed by atoms with Crippen LogP contribution in [-0.2, 0) is 13.6 Å². The summed E-state index contributed by atoms with van der Waals surface area (Å²) < 4.78 is 10.5. The van der Waals surface area contributed by atoms with E-state index in [-0.39, 0.29) is 5.69 Å². The molecule has 0 amide bonds. The fourth-order valence-electron chi connectivity index (χ4n) is 4.38. The van der Waals surface area contributed by atoms with E-state index in [9.17, 15) is 4.79 Å². The van der Waals surface area contributed by atoms with Crippen LogP contribution in [0.2, 0.25) is 0 Å². The Bertz CT molecular complexity index is 1470. The molecule has 3 heterocycles. The van der Waals surface area contributed by atoms with Gasteiger partial charge in [0.2, 0.25) is 0 Å². The molecular formula is C26H29N7O2. The molecule has 9 nitrogen and oxygen atoms in total. The van der Waals surface area contributed by atoms with Gasteiger partial charge in [-0.1, -0.05) is 31.7 Å². The van der Waals surface area contributed by atoms with E-state index in [4.69, 9.17) is 4.74 Å². The fraction of sp³-hybridized carbons (Fsp3) is 0.269. The molecule has 0 bridgehead atoms. The van der Waals surface area contributed by atoms with Gasteiger partial charge in [0.25, 0.3) is 5.88 Å². The Morgan fingerprint density at radius 3 is 2.83 bits per heavy atom. The number of nitrogens with one attached hydrogen (secondary N) is 2. The van der Waals surface area contributed by atoms with Gasteiger partial charge in [-0.05, 0) is 36.6 Å². The van der Waals surface area contributed by atoms with Crippen molar-refractivity contribution < 1.29 is 4.74 Å². The minimum absolute atomic E-state index is 0.114. The molecule has 4 aromatic rings. The van der Waals surface area contributed by atoms with Crippen LogP contribution in [0.5, 0.6) is 5.88 Å². The molecule has 1 aliphatic carbocycles. The summed E-state index contributed by atoms with van der Waals surface area (Å²) in [6.45, 7) is 8.04. The van der Waals surface area contributed by atoms with E-state index < -0.39 is 0 Å². The molecule has 35 heavy (non-hydrogen) atoms. The number of rotatable bonds is 9. The maximum atomic E-state index is 13.7. The zero-order chi connectivity index (χ0) is 24.5. The Hall–Kier alpha value is -4.27. The molecule has 9 heteroatoms. The zero-order valence-electron chi connectivity index (χ0n) is 20.0. The molecule has 1 fully saturated rings. The molecule has 5 rings (SSSR count). The van der Waals surface area contributed by atoms with Gasteiger partial charge in [-0.3, -0.25) is 9.25 Å². The maximum absolute atomic E-state index is 13.7. The summed E-state index contributed by atoms with van der Waals surface area (Å²) in [5.74, 6) is 0.821. The van der Waals surface area contributed by atoms with E-state index in [1.165, 1.54) is 6.42 Å². The molecule has 0 aliphatic heterocycles. The molecule has 1 aliphatic rings. The Kier molecular flexibility index (Phi) is 5.90. The fourth-order valence-corrected chi connectivity index (χ4v) is 4.38. The molecule has 0 unspecified atom stereocenters. The van der Waals surface area contributed by atoms with Crippen LogP contribution in [0.15, 0.2) is 72.6 Å². The number of benzene rings is 1. The van der Waals surface area contributed by atoms with E-state index in [1.54, 1.807) is 26.8 Å². The van der Waals surface area contributed by atoms with Crippen LogP contribution in [0.3, 0.4) is 0 Å². The molecule has 3 aromatic heterocycles. The first-order valence-electron chi connectivity index (χ1n) is 11.6. The Balaban J connectivity index is 1.59. The monoisotopic (exact) mass is 471 g/mol. The predicted octanol–water partition coefficient (Wildman–Crippen LogP) is 4.41. The van der Waals surface area contributed by atoms with E-state index >= 15 is 0 Å². The SMILES string of the molecule is C=CC(=C)Nc1cccc(Cn2cc(Nc3cn(C)nc3OC)c3ncc(C4CCC4)n3c2=O)c1. The van der Waals surface area contributed by atoms with Crippen LogP contribution in [0.25, 0.3) is 5.65 Å². The standard InChI is InChI=1S/C26H29N7O2/c1-5-17(2)28-20-11-6-8-18(12-20)14-32-16-21(29-22-15-31(3)30-25(22)35-4)24-27-13-23(19-9-7-10-19)33(24)26(32)34/h5-6,8,11-13,15-16,19,28-29H,1-2,7,9-10,14H2,3-4H3. The Morgan fingerprint density at radius 2 is 2.11 bits per heavy atom. The Labute approximate surface area is 203 Å². The largest absolute Gasteiger partial charge is 0.478 e. The van der Waals surface area contributed by atoms with Crippen LogP contribution in [0.4, 0.5) is 17.1 Å². The summed E-state index contributed by atoms with van der Waals surface area (Å²) in [5, 5.41) is 10.9. The zero-order valence-corrected chi connectivity index (χ0v) is 20.0. The number of allylic oxidation sites excluding steroid dienone is 1. The third kappa shape index (κ3) is 4.32. The Morgan fingerprint density at radius 1 is 1.29 bits per heavy atom. The maximum Gasteiger partial charge on any atom is 0.334 e. The molecule has 180 valence electrons. The molecule has 2 N–H and O–H groups in total. The van der Waals surface area contributed by atoms with E-state index in [2.05, 4.69) is 33.9 Å². The highest BCUT2D eigenvalue weighted by Crippen LogP contribution is 2.37. The smallest absolute Gasteiger partial charge is 0.334 e. The minimum Gasteiger partial charge on any atom is -0.478 e. The van der Waals surface area contributed by atoms with Crippen molar-refractivity contribution in [1.29, 1.82) is 0 Å². The van der Waals surface area contributed by atoms with Gasteiger partial charge in [-0.25, -0.2) is 14.2 Å². The van der Waals surface area contributed by atoms with Crippen molar-refractivity contribution in [3.05, 3.63) is 89.5 Å². The normalized spacial score (nSPS) is 13.4. The van der Waals surface area contributed by atoms with Crippen LogP contribution < -0.4 is 21.1 Å². The average molecular weight is 472 g/mol. The van der Waals surface area contributed by atoms with Crippen LogP contribution in [-0.4, -0.2) is 30.8 Å². The van der Waals surface area contributed by atoms with Crippen LogP contribution >= 0.6 is 0 Å². The number of aryl methyl sites for hydroxylation is 1. The van der Waals surface area contributed by atoms with Crippen molar-refractivity contribution in [2.24, 2.45) is 7.05 Å². The molecule has 1 aromatic carbocycles. The lowest BCUT2D eigenvalue weighted by atomic mass is 9.83. The quantitative estimate of drug-likeness (QED) is 0.352. The van der Waals surface area contributed by atoms with Crippen molar-refractivity contribution in [1.82, 2.24) is 23.7 Å². The van der Waals surface area contributed by atoms with E-state index in [1.807, 2.05) is 49.9 Å². The van der Waals surface area contributed by atoms with Gasteiger partial charge >= 0.3 is 5.69 Å². The minimum atomic E-state index is -0.114. The summed E-state index contributed by atoms with van der Waals surface area (Å²) in [4.78, 5) is 18.3. The predicted molar refractivity (Wildman–Crippen MR) is 138 cm³/mol. The number of methoxy groups -OCH3 is 1. The number of ether oxygens (including phenoxy) is 1. The van der Waals surface area contributed by atoms with Crippen molar-refractivity contribution in [3.63, 3.8) is 0 Å². The van der Waals surface area contributed by atoms with Gasteiger partial charge in [0, 0.05) is 36.7 Å². The molecular weight excluding hydrogens is 442 g/mol. The van der Waals surface area contributed by atoms with Crippen molar-refractivity contribution >= 4 is 22.7 Å². The van der Waals surface area contributed by atoms with E-state index in [0.29, 0.717) is 41.1 Å². The first kappa shape index (κ1) is 22.5. The molecule has 0 saturated heterocycles. The molecule has 0 spiro atoms. The second-order valence-corrected chi connectivity index (χ2v) is 8.83. The lowest BCUT2D eigenvalue weighted by Crippen LogP contribution is -2.29. The highest BCUT2D eigenvalue weighted by atomic mass is 16.5. The first-order chi connectivity index (χ1) is 17.0. The van der Waals surface area contributed by atoms with Gasteiger partial charge in [0.05, 0.1) is 31.2 Å². The number of hydrogen-bond donors (Lipinski definition) is 2. The second kappa shape index (κ2) is 9.17. The highest BCUT2D eigenvalue weighted by Gasteiger charge is 2.26. The number of nitrogens with zero attached hydrogens (tertiary/aromatic N) is 5. The van der Waals surface area contributed by atoms with Crippen molar-refractivity contribution in [3.8, 4) is 5.88 Å².